The van der Waals surface area contributed by atoms with Gasteiger partial charge in [0.2, 0.25) is 10.0 Å². The second-order valence-electron chi connectivity index (χ2n) is 4.06. The number of nitrogens with two attached hydrogens (primary N) is 1. The highest BCUT2D eigenvalue weighted by Gasteiger charge is 2.23. The minimum Gasteiger partial charge on any atom is -0.326 e. The Morgan fingerprint density at radius 1 is 1.50 bits per heavy atom. The average Bonchev–Trinajstić information content (AvgIpc) is 2.63. The Bertz CT molecular complexity index is 449. The topological polar surface area (TPSA) is 72.2 Å². The lowest BCUT2D eigenvalue weighted by molar-refractivity contribution is 0.316. The first kappa shape index (κ1) is 12.0. The van der Waals surface area contributed by atoms with Gasteiger partial charge in [0.1, 0.15) is 0 Å². The van der Waals surface area contributed by atoms with Crippen LogP contribution in [0.3, 0.4) is 0 Å². The van der Waals surface area contributed by atoms with Crippen LogP contribution in [0.5, 0.6) is 0 Å². The van der Waals surface area contributed by atoms with E-state index in [-0.39, 0.29) is 6.54 Å². The minimum absolute atomic E-state index is 0.275. The molecule has 1 saturated carbocycles. The molecular formula is C10H16N2O2S2. The Kier molecular flexibility index (Phi) is 3.63. The smallest absolute Gasteiger partial charge is 0.241 e. The van der Waals surface area contributed by atoms with E-state index < -0.39 is 10.0 Å². The van der Waals surface area contributed by atoms with Gasteiger partial charge in [-0.2, -0.15) is 0 Å². The first-order valence-corrected chi connectivity index (χ1v) is 7.76. The first-order chi connectivity index (χ1) is 7.63. The summed E-state index contributed by atoms with van der Waals surface area (Å²) in [7, 11) is -3.35. The van der Waals surface area contributed by atoms with Gasteiger partial charge in [0.15, 0.2) is 0 Å². The fourth-order valence-corrected chi connectivity index (χ4v) is 4.17. The molecule has 1 aliphatic rings. The predicted molar refractivity (Wildman–Crippen MR) is 64.7 cm³/mol. The molecule has 1 aliphatic carbocycles. The molecule has 1 heterocycles. The molecule has 0 unspecified atom stereocenters. The van der Waals surface area contributed by atoms with Crippen LogP contribution in [0.4, 0.5) is 0 Å². The highest BCUT2D eigenvalue weighted by atomic mass is 32.2. The van der Waals surface area contributed by atoms with Crippen molar-refractivity contribution in [3.05, 3.63) is 16.3 Å². The molecule has 0 amide bonds. The largest absolute Gasteiger partial charge is 0.326 e. The van der Waals surface area contributed by atoms with Crippen LogP contribution in [0.2, 0.25) is 0 Å². The quantitative estimate of drug-likeness (QED) is 0.838. The number of nitrogens with one attached hydrogen (secondary N) is 1. The van der Waals surface area contributed by atoms with E-state index in [0.29, 0.717) is 17.4 Å². The van der Waals surface area contributed by atoms with Gasteiger partial charge in [-0.3, -0.25) is 0 Å². The van der Waals surface area contributed by atoms with Gasteiger partial charge in [-0.05, 0) is 30.2 Å². The zero-order valence-electron chi connectivity index (χ0n) is 8.98. The van der Waals surface area contributed by atoms with Gasteiger partial charge in [-0.25, -0.2) is 13.1 Å². The number of thiophene rings is 1. The number of rotatable bonds is 5. The van der Waals surface area contributed by atoms with Crippen LogP contribution in [0, 0.1) is 5.92 Å². The predicted octanol–water partition coefficient (Wildman–Crippen LogP) is 1.29. The summed E-state index contributed by atoms with van der Waals surface area (Å²) in [5.74, 6) is 0.523. The van der Waals surface area contributed by atoms with Crippen LogP contribution in [0.1, 0.15) is 24.1 Å². The van der Waals surface area contributed by atoms with E-state index in [2.05, 4.69) is 4.72 Å². The lowest BCUT2D eigenvalue weighted by Crippen LogP contribution is -2.32. The van der Waals surface area contributed by atoms with E-state index in [1.54, 1.807) is 11.4 Å². The fraction of sp³-hybridized carbons (Fsp3) is 0.600. The van der Waals surface area contributed by atoms with Gasteiger partial charge < -0.3 is 5.73 Å². The van der Waals surface area contributed by atoms with Crippen molar-refractivity contribution < 1.29 is 8.42 Å². The molecule has 90 valence electrons. The van der Waals surface area contributed by atoms with E-state index in [9.17, 15) is 8.42 Å². The third kappa shape index (κ3) is 2.45. The highest BCUT2D eigenvalue weighted by molar-refractivity contribution is 7.89. The van der Waals surface area contributed by atoms with E-state index in [0.717, 1.165) is 17.7 Å². The van der Waals surface area contributed by atoms with Gasteiger partial charge in [0.25, 0.3) is 0 Å². The summed E-state index contributed by atoms with van der Waals surface area (Å²) >= 11 is 1.39. The zero-order chi connectivity index (χ0) is 11.6. The second-order valence-corrected chi connectivity index (χ2v) is 6.80. The van der Waals surface area contributed by atoms with Crippen molar-refractivity contribution in [2.45, 2.75) is 30.7 Å². The molecule has 1 aromatic rings. The summed E-state index contributed by atoms with van der Waals surface area (Å²) in [6, 6.07) is 1.62. The lowest BCUT2D eigenvalue weighted by atomic mass is 9.86. The fourth-order valence-electron chi connectivity index (χ4n) is 1.72. The number of hydrogen-bond donors (Lipinski definition) is 2. The van der Waals surface area contributed by atoms with Crippen LogP contribution in [0.15, 0.2) is 16.3 Å². The molecular weight excluding hydrogens is 244 g/mol. The number of hydrogen-bond acceptors (Lipinski definition) is 4. The van der Waals surface area contributed by atoms with Crippen LogP contribution in [0.25, 0.3) is 0 Å². The van der Waals surface area contributed by atoms with Crippen LogP contribution in [-0.4, -0.2) is 15.0 Å². The molecule has 0 atom stereocenters. The summed E-state index contributed by atoms with van der Waals surface area (Å²) in [6.07, 6.45) is 3.49. The van der Waals surface area contributed by atoms with Crippen molar-refractivity contribution >= 4 is 21.4 Å². The average molecular weight is 260 g/mol. The Morgan fingerprint density at radius 2 is 2.25 bits per heavy atom. The molecule has 0 spiro atoms. The Hall–Kier alpha value is -0.430. The summed E-state index contributed by atoms with van der Waals surface area (Å²) in [5, 5.41) is 1.76. The minimum atomic E-state index is -3.35. The Balaban J connectivity index is 2.05. The SMILES string of the molecule is NCc1sccc1S(=O)(=O)NCC1CCC1. The van der Waals surface area contributed by atoms with E-state index in [4.69, 9.17) is 5.73 Å². The van der Waals surface area contributed by atoms with Gasteiger partial charge in [0.05, 0.1) is 4.90 Å². The summed E-state index contributed by atoms with van der Waals surface area (Å²) in [6.45, 7) is 0.833. The van der Waals surface area contributed by atoms with Gasteiger partial charge >= 0.3 is 0 Å². The van der Waals surface area contributed by atoms with Crippen LogP contribution < -0.4 is 10.5 Å². The molecule has 3 N–H and O–H groups in total. The van der Waals surface area contributed by atoms with Crippen molar-refractivity contribution in [1.29, 1.82) is 0 Å². The molecule has 0 aromatic carbocycles. The molecule has 1 fully saturated rings. The Morgan fingerprint density at radius 3 is 2.81 bits per heavy atom. The molecule has 0 radical (unpaired) electrons. The zero-order valence-corrected chi connectivity index (χ0v) is 10.6. The molecule has 2 rings (SSSR count). The summed E-state index contributed by atoms with van der Waals surface area (Å²) in [4.78, 5) is 1.07. The Labute approximate surface area is 99.9 Å². The maximum atomic E-state index is 12.0. The van der Waals surface area contributed by atoms with Crippen LogP contribution >= 0.6 is 11.3 Å². The highest BCUT2D eigenvalue weighted by Crippen LogP contribution is 2.26. The normalized spacial score (nSPS) is 17.3. The van der Waals surface area contributed by atoms with Crippen molar-refractivity contribution in [3.8, 4) is 0 Å². The van der Waals surface area contributed by atoms with Gasteiger partial charge in [-0.1, -0.05) is 6.42 Å². The van der Waals surface area contributed by atoms with E-state index in [1.807, 2.05) is 0 Å². The first-order valence-electron chi connectivity index (χ1n) is 5.39. The number of sulfonamides is 1. The summed E-state index contributed by atoms with van der Waals surface area (Å²) in [5.41, 5.74) is 5.50. The van der Waals surface area contributed by atoms with Crippen molar-refractivity contribution in [1.82, 2.24) is 4.72 Å². The third-order valence-corrected chi connectivity index (χ3v) is 5.55. The monoisotopic (exact) mass is 260 g/mol. The van der Waals surface area contributed by atoms with E-state index in [1.165, 1.54) is 17.8 Å². The van der Waals surface area contributed by atoms with Crippen molar-refractivity contribution in [2.75, 3.05) is 6.54 Å². The lowest BCUT2D eigenvalue weighted by Gasteiger charge is -2.25. The van der Waals surface area contributed by atoms with Crippen LogP contribution in [-0.2, 0) is 16.6 Å². The molecule has 0 saturated heterocycles. The molecule has 0 bridgehead atoms. The second kappa shape index (κ2) is 4.83. The molecule has 0 aliphatic heterocycles. The molecule has 6 heteroatoms. The maximum absolute atomic E-state index is 12.0. The molecule has 1 aromatic heterocycles. The van der Waals surface area contributed by atoms with Gasteiger partial charge in [0, 0.05) is 18.0 Å². The van der Waals surface area contributed by atoms with E-state index >= 15 is 0 Å². The maximum Gasteiger partial charge on any atom is 0.241 e. The molecule has 4 nitrogen and oxygen atoms in total. The van der Waals surface area contributed by atoms with Crippen molar-refractivity contribution in [2.24, 2.45) is 11.7 Å². The standard InChI is InChI=1S/C10H16N2O2S2/c11-6-9-10(4-5-15-9)16(13,14)12-7-8-2-1-3-8/h4-5,8,12H,1-3,6-7,11H2. The molecule has 16 heavy (non-hydrogen) atoms. The van der Waals surface area contributed by atoms with Gasteiger partial charge in [-0.15, -0.1) is 11.3 Å². The van der Waals surface area contributed by atoms with Crippen molar-refractivity contribution in [3.63, 3.8) is 0 Å². The third-order valence-electron chi connectivity index (χ3n) is 2.97. The summed E-state index contributed by atoms with van der Waals surface area (Å²) < 4.78 is 26.6.